The molecule has 1 spiro atoms. The number of hydrogen-bond acceptors (Lipinski definition) is 1. The molecule has 3 aliphatic rings. The maximum Gasteiger partial charge on any atom is 0.0409 e. The van der Waals surface area contributed by atoms with E-state index in [0.717, 1.165) is 16.9 Å². The molecule has 2 fully saturated rings. The van der Waals surface area contributed by atoms with Gasteiger partial charge in [-0.25, -0.2) is 0 Å². The van der Waals surface area contributed by atoms with Gasteiger partial charge in [-0.15, -0.1) is 0 Å². The topological polar surface area (TPSA) is 12.0 Å². The quantitative estimate of drug-likeness (QED) is 0.878. The third-order valence-electron chi connectivity index (χ3n) is 5.71. The highest BCUT2D eigenvalue weighted by Gasteiger charge is 2.57. The average Bonchev–Trinajstić information content (AvgIpc) is 2.93. The van der Waals surface area contributed by atoms with E-state index in [-0.39, 0.29) is 0 Å². The number of halogens is 1. The van der Waals surface area contributed by atoms with E-state index in [1.165, 1.54) is 51.6 Å². The van der Waals surface area contributed by atoms with Crippen LogP contribution >= 0.6 is 11.6 Å². The van der Waals surface area contributed by atoms with E-state index in [1.54, 1.807) is 11.1 Å². The Labute approximate surface area is 120 Å². The molecule has 2 aliphatic carbocycles. The zero-order valence-electron chi connectivity index (χ0n) is 11.4. The Morgan fingerprint density at radius 3 is 2.95 bits per heavy atom. The third kappa shape index (κ3) is 2.02. The fourth-order valence-corrected chi connectivity index (χ4v) is 4.50. The minimum atomic E-state index is 0.540. The van der Waals surface area contributed by atoms with Crippen molar-refractivity contribution in [2.45, 2.75) is 43.9 Å². The molecule has 1 aromatic carbocycles. The van der Waals surface area contributed by atoms with E-state index in [2.05, 4.69) is 23.5 Å². The molecular weight excluding hydrogens is 254 g/mol. The molecule has 1 nitrogen and oxygen atoms in total. The Morgan fingerprint density at radius 1 is 1.26 bits per heavy atom. The molecule has 1 heterocycles. The van der Waals surface area contributed by atoms with Gasteiger partial charge in [0.15, 0.2) is 0 Å². The van der Waals surface area contributed by atoms with Crippen molar-refractivity contribution in [2.24, 2.45) is 11.8 Å². The molecule has 102 valence electrons. The summed E-state index contributed by atoms with van der Waals surface area (Å²) in [6.07, 6.45) is 8.36. The molecule has 4 rings (SSSR count). The lowest BCUT2D eigenvalue weighted by Crippen LogP contribution is -2.41. The predicted octanol–water partition coefficient (Wildman–Crippen LogP) is 3.93. The highest BCUT2D eigenvalue weighted by atomic mass is 35.5. The van der Waals surface area contributed by atoms with E-state index in [1.807, 2.05) is 0 Å². The lowest BCUT2D eigenvalue weighted by atomic mass is 9.91. The lowest BCUT2D eigenvalue weighted by molar-refractivity contribution is 0.313. The summed E-state index contributed by atoms with van der Waals surface area (Å²) in [6, 6.07) is 6.56. The molecule has 1 saturated heterocycles. The second-order valence-electron chi connectivity index (χ2n) is 6.81. The minimum absolute atomic E-state index is 0.540. The van der Waals surface area contributed by atoms with Crippen molar-refractivity contribution < 1.29 is 0 Å². The molecule has 1 aromatic rings. The Balaban J connectivity index is 1.40. The van der Waals surface area contributed by atoms with Gasteiger partial charge in [-0.3, -0.25) is 0 Å². The van der Waals surface area contributed by atoms with Gasteiger partial charge in [-0.2, -0.15) is 0 Å². The smallest absolute Gasteiger partial charge is 0.0409 e. The van der Waals surface area contributed by atoms with E-state index >= 15 is 0 Å². The van der Waals surface area contributed by atoms with Crippen LogP contribution in [0.2, 0.25) is 5.02 Å². The monoisotopic (exact) mass is 275 g/mol. The van der Waals surface area contributed by atoms with Crippen molar-refractivity contribution in [3.05, 3.63) is 34.3 Å². The maximum absolute atomic E-state index is 6.19. The van der Waals surface area contributed by atoms with Gasteiger partial charge in [-0.1, -0.05) is 24.1 Å². The summed E-state index contributed by atoms with van der Waals surface area (Å²) < 4.78 is 0. The fourth-order valence-electron chi connectivity index (χ4n) is 4.32. The Kier molecular flexibility index (Phi) is 2.89. The van der Waals surface area contributed by atoms with E-state index in [4.69, 9.17) is 11.6 Å². The fraction of sp³-hybridized carbons (Fsp3) is 0.647. The normalized spacial score (nSPS) is 32.4. The summed E-state index contributed by atoms with van der Waals surface area (Å²) in [5.41, 5.74) is 3.70. The first-order chi connectivity index (χ1) is 9.28. The Morgan fingerprint density at radius 2 is 2.16 bits per heavy atom. The molecule has 2 unspecified atom stereocenters. The minimum Gasteiger partial charge on any atom is -0.316 e. The maximum atomic E-state index is 6.19. The lowest BCUT2D eigenvalue weighted by Gasteiger charge is -2.27. The van der Waals surface area contributed by atoms with Gasteiger partial charge in [0.25, 0.3) is 0 Å². The van der Waals surface area contributed by atoms with Crippen molar-refractivity contribution in [1.82, 2.24) is 5.32 Å². The van der Waals surface area contributed by atoms with Crippen LogP contribution in [0.3, 0.4) is 0 Å². The average molecular weight is 276 g/mol. The van der Waals surface area contributed by atoms with E-state index < -0.39 is 0 Å². The SMILES string of the molecule is Clc1ccc2c(c1)C1(CC2)CC1CCCC1CNC1. The van der Waals surface area contributed by atoms with Gasteiger partial charge < -0.3 is 5.32 Å². The number of nitrogens with one attached hydrogen (secondary N) is 1. The number of benzene rings is 1. The first-order valence-corrected chi connectivity index (χ1v) is 8.15. The molecule has 1 N–H and O–H groups in total. The number of fused-ring (bicyclic) bond motifs is 2. The molecule has 2 heteroatoms. The first kappa shape index (κ1) is 12.2. The van der Waals surface area contributed by atoms with Crippen LogP contribution in [0, 0.1) is 11.8 Å². The van der Waals surface area contributed by atoms with Crippen LogP contribution in [0.1, 0.15) is 43.2 Å². The van der Waals surface area contributed by atoms with Crippen LogP contribution in [0.15, 0.2) is 18.2 Å². The van der Waals surface area contributed by atoms with Crippen molar-refractivity contribution in [2.75, 3.05) is 13.1 Å². The highest BCUT2D eigenvalue weighted by molar-refractivity contribution is 6.30. The van der Waals surface area contributed by atoms with Crippen molar-refractivity contribution >= 4 is 11.6 Å². The van der Waals surface area contributed by atoms with Crippen molar-refractivity contribution in [3.63, 3.8) is 0 Å². The summed E-state index contributed by atoms with van der Waals surface area (Å²) >= 11 is 6.19. The van der Waals surface area contributed by atoms with Gasteiger partial charge in [-0.05, 0) is 85.7 Å². The second-order valence-corrected chi connectivity index (χ2v) is 7.25. The largest absolute Gasteiger partial charge is 0.316 e. The molecule has 0 radical (unpaired) electrons. The van der Waals surface area contributed by atoms with E-state index in [9.17, 15) is 0 Å². The van der Waals surface area contributed by atoms with Gasteiger partial charge in [0.05, 0.1) is 0 Å². The van der Waals surface area contributed by atoms with Gasteiger partial charge in [0, 0.05) is 5.02 Å². The molecule has 0 bridgehead atoms. The Bertz CT molecular complexity index is 494. The molecule has 2 atom stereocenters. The zero-order chi connectivity index (χ0) is 12.9. The van der Waals surface area contributed by atoms with Gasteiger partial charge >= 0.3 is 0 Å². The number of aryl methyl sites for hydroxylation is 1. The summed E-state index contributed by atoms with van der Waals surface area (Å²) in [7, 11) is 0. The van der Waals surface area contributed by atoms with Gasteiger partial charge in [0.2, 0.25) is 0 Å². The van der Waals surface area contributed by atoms with E-state index in [0.29, 0.717) is 5.41 Å². The molecule has 19 heavy (non-hydrogen) atoms. The highest BCUT2D eigenvalue weighted by Crippen LogP contribution is 2.63. The molecule has 1 aliphatic heterocycles. The summed E-state index contributed by atoms with van der Waals surface area (Å²) in [5.74, 6) is 1.92. The van der Waals surface area contributed by atoms with Crippen molar-refractivity contribution in [1.29, 1.82) is 0 Å². The van der Waals surface area contributed by atoms with Crippen LogP contribution in [-0.4, -0.2) is 13.1 Å². The zero-order valence-corrected chi connectivity index (χ0v) is 12.2. The third-order valence-corrected chi connectivity index (χ3v) is 5.95. The van der Waals surface area contributed by atoms with Crippen LogP contribution < -0.4 is 5.32 Å². The molecular formula is C17H22ClN. The molecule has 0 amide bonds. The van der Waals surface area contributed by atoms with Gasteiger partial charge in [0.1, 0.15) is 0 Å². The second kappa shape index (κ2) is 4.49. The van der Waals surface area contributed by atoms with Crippen LogP contribution in [0.25, 0.3) is 0 Å². The first-order valence-electron chi connectivity index (χ1n) is 7.77. The van der Waals surface area contributed by atoms with Crippen LogP contribution in [-0.2, 0) is 11.8 Å². The summed E-state index contributed by atoms with van der Waals surface area (Å²) in [4.78, 5) is 0. The summed E-state index contributed by atoms with van der Waals surface area (Å²) in [6.45, 7) is 2.52. The Hall–Kier alpha value is -0.530. The summed E-state index contributed by atoms with van der Waals surface area (Å²) in [5, 5.41) is 4.29. The molecule has 1 saturated carbocycles. The van der Waals surface area contributed by atoms with Crippen LogP contribution in [0.4, 0.5) is 0 Å². The molecule has 0 aromatic heterocycles. The number of hydrogen-bond donors (Lipinski definition) is 1. The van der Waals surface area contributed by atoms with Crippen molar-refractivity contribution in [3.8, 4) is 0 Å². The number of rotatable bonds is 4. The van der Waals surface area contributed by atoms with Crippen LogP contribution in [0.5, 0.6) is 0 Å². The predicted molar refractivity (Wildman–Crippen MR) is 79.8 cm³/mol. The standard InChI is InChI=1S/C17H22ClN/c18-15-5-4-13-6-7-17(16(13)8-15)9-14(17)3-1-2-12-10-19-11-12/h4-5,8,12,14,19H,1-3,6-7,9-11H2.